The van der Waals surface area contributed by atoms with E-state index in [1.165, 1.54) is 22.5 Å². The SMILES string of the molecule is O=C(NCC(F)(F)F)N(Cc1ccco1)Cc1cccs1. The van der Waals surface area contributed by atoms with Gasteiger partial charge < -0.3 is 14.6 Å². The van der Waals surface area contributed by atoms with Crippen molar-refractivity contribution < 1.29 is 22.4 Å². The van der Waals surface area contributed by atoms with E-state index in [-0.39, 0.29) is 13.1 Å². The van der Waals surface area contributed by atoms with E-state index in [1.807, 2.05) is 22.8 Å². The summed E-state index contributed by atoms with van der Waals surface area (Å²) < 4.78 is 41.7. The molecule has 0 saturated heterocycles. The molecule has 2 aromatic rings. The van der Waals surface area contributed by atoms with Crippen LogP contribution in [0.3, 0.4) is 0 Å². The van der Waals surface area contributed by atoms with Crippen molar-refractivity contribution in [2.45, 2.75) is 19.3 Å². The zero-order valence-corrected chi connectivity index (χ0v) is 11.7. The van der Waals surface area contributed by atoms with E-state index in [4.69, 9.17) is 4.42 Å². The van der Waals surface area contributed by atoms with Crippen LogP contribution in [0.1, 0.15) is 10.6 Å². The van der Waals surface area contributed by atoms with Crippen LogP contribution < -0.4 is 5.32 Å². The third-order valence-corrected chi connectivity index (χ3v) is 3.44. The Morgan fingerprint density at radius 2 is 2.10 bits per heavy atom. The van der Waals surface area contributed by atoms with Crippen molar-refractivity contribution in [2.75, 3.05) is 6.54 Å². The first-order valence-electron chi connectivity index (χ1n) is 6.08. The predicted molar refractivity (Wildman–Crippen MR) is 71.7 cm³/mol. The molecular weight excluding hydrogens is 305 g/mol. The molecule has 0 aliphatic heterocycles. The van der Waals surface area contributed by atoms with Gasteiger partial charge in [-0.2, -0.15) is 13.2 Å². The molecule has 8 heteroatoms. The number of amides is 2. The highest BCUT2D eigenvalue weighted by molar-refractivity contribution is 7.09. The maximum absolute atomic E-state index is 12.2. The van der Waals surface area contributed by atoms with E-state index in [0.29, 0.717) is 5.76 Å². The van der Waals surface area contributed by atoms with Crippen molar-refractivity contribution in [2.24, 2.45) is 0 Å². The fraction of sp³-hybridized carbons (Fsp3) is 0.308. The average molecular weight is 318 g/mol. The van der Waals surface area contributed by atoms with Gasteiger partial charge in [0.05, 0.1) is 19.4 Å². The largest absolute Gasteiger partial charge is 0.467 e. The fourth-order valence-corrected chi connectivity index (χ4v) is 2.39. The second kappa shape index (κ2) is 6.66. The van der Waals surface area contributed by atoms with Gasteiger partial charge in [-0.05, 0) is 23.6 Å². The molecule has 2 aromatic heterocycles. The molecule has 2 amide bonds. The van der Waals surface area contributed by atoms with Crippen LogP contribution in [0.5, 0.6) is 0 Å². The van der Waals surface area contributed by atoms with E-state index < -0.39 is 18.8 Å². The number of halogens is 3. The summed E-state index contributed by atoms with van der Waals surface area (Å²) in [5.41, 5.74) is 0. The Bertz CT molecular complexity index is 516. The van der Waals surface area contributed by atoms with Crippen molar-refractivity contribution >= 4 is 17.4 Å². The normalized spacial score (nSPS) is 11.4. The number of hydrogen-bond donors (Lipinski definition) is 1. The van der Waals surface area contributed by atoms with Crippen LogP contribution in [-0.2, 0) is 13.1 Å². The molecule has 4 nitrogen and oxygen atoms in total. The molecule has 2 heterocycles. The Labute approximate surface area is 123 Å². The smallest absolute Gasteiger partial charge is 0.405 e. The minimum absolute atomic E-state index is 0.106. The summed E-state index contributed by atoms with van der Waals surface area (Å²) in [7, 11) is 0. The van der Waals surface area contributed by atoms with Gasteiger partial charge in [0, 0.05) is 4.88 Å². The van der Waals surface area contributed by atoms with Crippen molar-refractivity contribution in [1.82, 2.24) is 10.2 Å². The lowest BCUT2D eigenvalue weighted by molar-refractivity contribution is -0.123. The summed E-state index contributed by atoms with van der Waals surface area (Å²) in [6.07, 6.45) is -2.98. The maximum Gasteiger partial charge on any atom is 0.405 e. The third kappa shape index (κ3) is 5.14. The lowest BCUT2D eigenvalue weighted by Gasteiger charge is -2.22. The molecular formula is C13H13F3N2O2S. The van der Waals surface area contributed by atoms with Gasteiger partial charge in [-0.25, -0.2) is 4.79 Å². The summed E-state index contributed by atoms with van der Waals surface area (Å²) in [4.78, 5) is 14.1. The van der Waals surface area contributed by atoms with Crippen LogP contribution in [0.4, 0.5) is 18.0 Å². The Balaban J connectivity index is 2.01. The van der Waals surface area contributed by atoms with Gasteiger partial charge in [-0.3, -0.25) is 0 Å². The van der Waals surface area contributed by atoms with Gasteiger partial charge in [0.25, 0.3) is 0 Å². The Hall–Kier alpha value is -1.96. The standard InChI is InChI=1S/C13H13F3N2O2S/c14-13(15,16)9-17-12(19)18(7-10-3-1-5-20-10)8-11-4-2-6-21-11/h1-6H,7-9H2,(H,17,19). The highest BCUT2D eigenvalue weighted by atomic mass is 32.1. The Morgan fingerprint density at radius 1 is 1.29 bits per heavy atom. The summed E-state index contributed by atoms with van der Waals surface area (Å²) in [6.45, 7) is -1.03. The summed E-state index contributed by atoms with van der Waals surface area (Å²) in [5, 5.41) is 3.71. The molecule has 0 aromatic carbocycles. The zero-order chi connectivity index (χ0) is 15.3. The first-order chi connectivity index (χ1) is 9.94. The first kappa shape index (κ1) is 15.4. The Kier molecular flexibility index (Phi) is 4.89. The minimum Gasteiger partial charge on any atom is -0.467 e. The number of thiophene rings is 1. The molecule has 1 N–H and O–H groups in total. The molecule has 114 valence electrons. The number of rotatable bonds is 5. The molecule has 21 heavy (non-hydrogen) atoms. The van der Waals surface area contributed by atoms with Crippen LogP contribution >= 0.6 is 11.3 Å². The minimum atomic E-state index is -4.44. The molecule has 2 rings (SSSR count). The molecule has 0 radical (unpaired) electrons. The van der Waals surface area contributed by atoms with Crippen LogP contribution in [0, 0.1) is 0 Å². The second-order valence-electron chi connectivity index (χ2n) is 4.29. The van der Waals surface area contributed by atoms with Crippen LogP contribution in [0.25, 0.3) is 0 Å². The van der Waals surface area contributed by atoms with Gasteiger partial charge >= 0.3 is 12.2 Å². The molecule has 0 aliphatic rings. The van der Waals surface area contributed by atoms with Crippen molar-refractivity contribution in [3.05, 3.63) is 46.5 Å². The number of nitrogens with zero attached hydrogens (tertiary/aromatic N) is 1. The van der Waals surface area contributed by atoms with Gasteiger partial charge in [0.15, 0.2) is 0 Å². The molecule has 0 aliphatic carbocycles. The molecule has 0 saturated carbocycles. The average Bonchev–Trinajstić information content (AvgIpc) is 3.07. The number of nitrogens with one attached hydrogen (secondary N) is 1. The molecule has 0 unspecified atom stereocenters. The number of alkyl halides is 3. The molecule has 0 fully saturated rings. The number of urea groups is 1. The lowest BCUT2D eigenvalue weighted by Crippen LogP contribution is -2.42. The third-order valence-electron chi connectivity index (χ3n) is 2.58. The number of hydrogen-bond acceptors (Lipinski definition) is 3. The van der Waals surface area contributed by atoms with E-state index in [1.54, 1.807) is 12.1 Å². The maximum atomic E-state index is 12.2. The molecule has 0 bridgehead atoms. The summed E-state index contributed by atoms with van der Waals surface area (Å²) >= 11 is 1.43. The van der Waals surface area contributed by atoms with Crippen LogP contribution in [-0.4, -0.2) is 23.7 Å². The Morgan fingerprint density at radius 3 is 2.67 bits per heavy atom. The quantitative estimate of drug-likeness (QED) is 0.915. The molecule has 0 atom stereocenters. The number of carbonyl (C=O) groups is 1. The van der Waals surface area contributed by atoms with Crippen molar-refractivity contribution in [3.63, 3.8) is 0 Å². The van der Waals surface area contributed by atoms with E-state index in [2.05, 4.69) is 0 Å². The molecule has 0 spiro atoms. The zero-order valence-electron chi connectivity index (χ0n) is 10.9. The second-order valence-corrected chi connectivity index (χ2v) is 5.32. The van der Waals surface area contributed by atoms with Crippen LogP contribution in [0.2, 0.25) is 0 Å². The van der Waals surface area contributed by atoms with E-state index in [9.17, 15) is 18.0 Å². The van der Waals surface area contributed by atoms with E-state index >= 15 is 0 Å². The van der Waals surface area contributed by atoms with Gasteiger partial charge in [-0.15, -0.1) is 11.3 Å². The lowest BCUT2D eigenvalue weighted by atomic mass is 10.3. The number of furan rings is 1. The van der Waals surface area contributed by atoms with Gasteiger partial charge in [0.1, 0.15) is 12.3 Å². The first-order valence-corrected chi connectivity index (χ1v) is 6.96. The predicted octanol–water partition coefficient (Wildman–Crippen LogP) is 3.62. The van der Waals surface area contributed by atoms with Crippen LogP contribution in [0.15, 0.2) is 40.3 Å². The van der Waals surface area contributed by atoms with Gasteiger partial charge in [-0.1, -0.05) is 6.07 Å². The monoisotopic (exact) mass is 318 g/mol. The summed E-state index contributed by atoms with van der Waals surface area (Å²) in [6, 6.07) is 6.18. The topological polar surface area (TPSA) is 45.5 Å². The highest BCUT2D eigenvalue weighted by Crippen LogP contribution is 2.16. The van der Waals surface area contributed by atoms with Crippen molar-refractivity contribution in [1.29, 1.82) is 0 Å². The number of carbonyl (C=O) groups excluding carboxylic acids is 1. The summed E-state index contributed by atoms with van der Waals surface area (Å²) in [5.74, 6) is 0.508. The fourth-order valence-electron chi connectivity index (χ4n) is 1.67. The highest BCUT2D eigenvalue weighted by Gasteiger charge is 2.29. The van der Waals surface area contributed by atoms with Gasteiger partial charge in [0.2, 0.25) is 0 Å². The van der Waals surface area contributed by atoms with E-state index in [0.717, 1.165) is 4.88 Å². The van der Waals surface area contributed by atoms with Crippen molar-refractivity contribution in [3.8, 4) is 0 Å².